The molecule has 2 nitrogen and oxygen atoms in total. The van der Waals surface area contributed by atoms with Gasteiger partial charge in [0.15, 0.2) is 0 Å². The maximum absolute atomic E-state index is 10.6. The van der Waals surface area contributed by atoms with E-state index in [4.69, 9.17) is 5.11 Å². The highest BCUT2D eigenvalue weighted by molar-refractivity contribution is 5.80. The lowest BCUT2D eigenvalue weighted by atomic mass is 9.78. The highest BCUT2D eigenvalue weighted by atomic mass is 16.4. The summed E-state index contributed by atoms with van der Waals surface area (Å²) in [6, 6.07) is 10.2. The van der Waals surface area contributed by atoms with Gasteiger partial charge in [0.25, 0.3) is 0 Å². The molecule has 16 heavy (non-hydrogen) atoms. The first-order valence-corrected chi connectivity index (χ1v) is 5.71. The maximum Gasteiger partial charge on any atom is 0.328 e. The zero-order valence-corrected chi connectivity index (χ0v) is 9.23. The van der Waals surface area contributed by atoms with Crippen LogP contribution in [0.25, 0.3) is 0 Å². The first-order chi connectivity index (χ1) is 7.73. The van der Waals surface area contributed by atoms with Crippen molar-refractivity contribution in [3.05, 3.63) is 48.0 Å². The molecule has 1 aliphatic carbocycles. The van der Waals surface area contributed by atoms with Gasteiger partial charge in [0.1, 0.15) is 0 Å². The molecule has 0 amide bonds. The molecule has 0 atom stereocenters. The van der Waals surface area contributed by atoms with E-state index in [9.17, 15) is 4.79 Å². The van der Waals surface area contributed by atoms with Gasteiger partial charge in [-0.25, -0.2) is 4.79 Å². The van der Waals surface area contributed by atoms with Crippen molar-refractivity contribution in [2.24, 2.45) is 0 Å². The summed E-state index contributed by atoms with van der Waals surface area (Å²) in [5, 5.41) is 8.75. The van der Waals surface area contributed by atoms with Crippen LogP contribution < -0.4 is 0 Å². The van der Waals surface area contributed by atoms with Gasteiger partial charge in [-0.15, -0.1) is 0 Å². The van der Waals surface area contributed by atoms with Crippen LogP contribution in [0, 0.1) is 0 Å². The molecule has 1 aromatic carbocycles. The second-order valence-corrected chi connectivity index (χ2v) is 4.40. The lowest BCUT2D eigenvalue weighted by Gasteiger charge is -2.25. The minimum Gasteiger partial charge on any atom is -0.478 e. The zero-order valence-electron chi connectivity index (χ0n) is 9.23. The van der Waals surface area contributed by atoms with Crippen LogP contribution in [-0.2, 0) is 10.2 Å². The summed E-state index contributed by atoms with van der Waals surface area (Å²) < 4.78 is 0. The van der Waals surface area contributed by atoms with Crippen molar-refractivity contribution in [1.29, 1.82) is 0 Å². The molecule has 1 fully saturated rings. The minimum atomic E-state index is -0.859. The van der Waals surface area contributed by atoms with E-state index in [2.05, 4.69) is 12.1 Å². The van der Waals surface area contributed by atoms with Gasteiger partial charge in [-0.2, -0.15) is 0 Å². The van der Waals surface area contributed by atoms with Crippen molar-refractivity contribution in [2.45, 2.75) is 31.1 Å². The Kier molecular flexibility index (Phi) is 3.09. The summed E-state index contributed by atoms with van der Waals surface area (Å²) in [6.07, 6.45) is 7.63. The van der Waals surface area contributed by atoms with Crippen molar-refractivity contribution in [1.82, 2.24) is 0 Å². The van der Waals surface area contributed by atoms with Gasteiger partial charge in [0.2, 0.25) is 0 Å². The third-order valence-corrected chi connectivity index (χ3v) is 3.39. The molecule has 0 spiro atoms. The minimum absolute atomic E-state index is 0.0420. The van der Waals surface area contributed by atoms with E-state index in [1.807, 2.05) is 24.3 Å². The number of benzene rings is 1. The van der Waals surface area contributed by atoms with Crippen molar-refractivity contribution >= 4 is 5.97 Å². The van der Waals surface area contributed by atoms with E-state index in [-0.39, 0.29) is 5.41 Å². The Bertz CT molecular complexity index is 386. The van der Waals surface area contributed by atoms with Crippen LogP contribution in [-0.4, -0.2) is 11.1 Å². The van der Waals surface area contributed by atoms with Crippen molar-refractivity contribution < 1.29 is 9.90 Å². The third kappa shape index (κ3) is 2.16. The number of hydrogen-bond acceptors (Lipinski definition) is 1. The normalized spacial score (nSPS) is 19.0. The SMILES string of the molecule is O=C(O)/C=C/C1(c2ccccc2)CCCC1. The van der Waals surface area contributed by atoms with Crippen molar-refractivity contribution in [2.75, 3.05) is 0 Å². The van der Waals surface area contributed by atoms with E-state index in [0.717, 1.165) is 12.8 Å². The molecule has 2 heteroatoms. The van der Waals surface area contributed by atoms with E-state index in [1.165, 1.54) is 24.5 Å². The molecule has 0 heterocycles. The number of rotatable bonds is 3. The zero-order chi connectivity index (χ0) is 11.4. The lowest BCUT2D eigenvalue weighted by Crippen LogP contribution is -2.19. The van der Waals surface area contributed by atoms with Gasteiger partial charge in [-0.05, 0) is 18.4 Å². The Hall–Kier alpha value is -1.57. The van der Waals surface area contributed by atoms with E-state index < -0.39 is 5.97 Å². The van der Waals surface area contributed by atoms with Gasteiger partial charge < -0.3 is 5.11 Å². The van der Waals surface area contributed by atoms with Gasteiger partial charge in [0, 0.05) is 11.5 Å². The molecule has 0 unspecified atom stereocenters. The lowest BCUT2D eigenvalue weighted by molar-refractivity contribution is -0.131. The fraction of sp³-hybridized carbons (Fsp3) is 0.357. The first kappa shape index (κ1) is 10.9. The number of allylic oxidation sites excluding steroid dienone is 1. The predicted molar refractivity (Wildman–Crippen MR) is 63.4 cm³/mol. The molecular weight excluding hydrogens is 200 g/mol. The Morgan fingerprint density at radius 1 is 1.19 bits per heavy atom. The second kappa shape index (κ2) is 4.52. The highest BCUT2D eigenvalue weighted by Gasteiger charge is 2.32. The van der Waals surface area contributed by atoms with Gasteiger partial charge in [-0.3, -0.25) is 0 Å². The van der Waals surface area contributed by atoms with Crippen LogP contribution in [0.4, 0.5) is 0 Å². The van der Waals surface area contributed by atoms with E-state index in [0.29, 0.717) is 0 Å². The fourth-order valence-electron chi connectivity index (χ4n) is 2.56. The summed E-state index contributed by atoms with van der Waals surface area (Å²) in [5.41, 5.74) is 1.20. The number of carbonyl (C=O) groups is 1. The van der Waals surface area contributed by atoms with Gasteiger partial charge in [-0.1, -0.05) is 49.2 Å². The first-order valence-electron chi connectivity index (χ1n) is 5.71. The van der Waals surface area contributed by atoms with Crippen molar-refractivity contribution in [3.63, 3.8) is 0 Å². The van der Waals surface area contributed by atoms with E-state index in [1.54, 1.807) is 0 Å². The largest absolute Gasteiger partial charge is 0.478 e. The van der Waals surface area contributed by atoms with Gasteiger partial charge in [0.05, 0.1) is 0 Å². The van der Waals surface area contributed by atoms with Crippen molar-refractivity contribution in [3.8, 4) is 0 Å². The van der Waals surface area contributed by atoms with Crippen LogP contribution in [0.1, 0.15) is 31.2 Å². The maximum atomic E-state index is 10.6. The molecule has 84 valence electrons. The van der Waals surface area contributed by atoms with Crippen LogP contribution in [0.3, 0.4) is 0 Å². The summed E-state index contributed by atoms with van der Waals surface area (Å²) in [6.45, 7) is 0. The monoisotopic (exact) mass is 216 g/mol. The van der Waals surface area contributed by atoms with Gasteiger partial charge >= 0.3 is 5.97 Å². The number of carboxylic acids is 1. The molecule has 0 radical (unpaired) electrons. The van der Waals surface area contributed by atoms with Crippen LogP contribution >= 0.6 is 0 Å². The number of aliphatic carboxylic acids is 1. The average molecular weight is 216 g/mol. The predicted octanol–water partition coefficient (Wildman–Crippen LogP) is 3.14. The average Bonchev–Trinajstić information content (AvgIpc) is 2.78. The molecule has 1 saturated carbocycles. The topological polar surface area (TPSA) is 37.3 Å². The quantitative estimate of drug-likeness (QED) is 0.788. The van der Waals surface area contributed by atoms with Crippen LogP contribution in [0.5, 0.6) is 0 Å². The summed E-state index contributed by atoms with van der Waals surface area (Å²) in [4.78, 5) is 10.6. The molecule has 0 bridgehead atoms. The highest BCUT2D eigenvalue weighted by Crippen LogP contribution is 2.42. The Balaban J connectivity index is 2.33. The molecule has 1 N–H and O–H groups in total. The van der Waals surface area contributed by atoms with Crippen LogP contribution in [0.2, 0.25) is 0 Å². The van der Waals surface area contributed by atoms with Crippen LogP contribution in [0.15, 0.2) is 42.5 Å². The molecule has 0 aromatic heterocycles. The molecule has 0 saturated heterocycles. The summed E-state index contributed by atoms with van der Waals surface area (Å²) in [5.74, 6) is -0.859. The Morgan fingerprint density at radius 3 is 2.38 bits per heavy atom. The summed E-state index contributed by atoms with van der Waals surface area (Å²) in [7, 11) is 0. The number of carboxylic acid groups (broad SMARTS) is 1. The standard InChI is InChI=1S/C14H16O2/c15-13(16)8-11-14(9-4-5-10-14)12-6-2-1-3-7-12/h1-3,6-8,11H,4-5,9-10H2,(H,15,16)/b11-8+. The molecular formula is C14H16O2. The molecule has 1 aromatic rings. The third-order valence-electron chi connectivity index (χ3n) is 3.39. The smallest absolute Gasteiger partial charge is 0.328 e. The summed E-state index contributed by atoms with van der Waals surface area (Å²) >= 11 is 0. The second-order valence-electron chi connectivity index (χ2n) is 4.40. The molecule has 1 aliphatic rings. The molecule has 2 rings (SSSR count). The Labute approximate surface area is 95.6 Å². The number of hydrogen-bond donors (Lipinski definition) is 1. The van der Waals surface area contributed by atoms with E-state index >= 15 is 0 Å². The fourth-order valence-corrected chi connectivity index (χ4v) is 2.56. The molecule has 0 aliphatic heterocycles. The Morgan fingerprint density at radius 2 is 1.81 bits per heavy atom.